The maximum atomic E-state index is 14.4. The van der Waals surface area contributed by atoms with E-state index in [-0.39, 0.29) is 35.5 Å². The summed E-state index contributed by atoms with van der Waals surface area (Å²) in [6.07, 6.45) is 3.86. The second kappa shape index (κ2) is 35.8. The van der Waals surface area contributed by atoms with Crippen LogP contribution in [0.2, 0.25) is 5.15 Å². The van der Waals surface area contributed by atoms with Gasteiger partial charge in [0.2, 0.25) is 5.88 Å². The lowest BCUT2D eigenvalue weighted by molar-refractivity contribution is 0.0948. The Kier molecular flexibility index (Phi) is 24.1. The van der Waals surface area contributed by atoms with Crippen LogP contribution in [0.4, 0.5) is 0 Å². The lowest BCUT2D eigenvalue weighted by Gasteiger charge is -2.21. The SMILES string of the molecule is C.COc1ccc(C2=C(Cl)Cc3c(-c4ccccc4)c(-c4ccccc4)nn3C2=O)cc1.COc1ccc(C2=C(Oc3cccnn3)Cc3c(-c4ccccc4)c(-c4ccccc4)nn3C2=O)cc1.COc1ccc(Cn2c(-c3ccccc3)c(-c3ccccc3)c3nc(Cl)c(-c4ccc(OC)cc4)c(=O)n32)cc1.O=c1cccn[nH]1. The van der Waals surface area contributed by atoms with Crippen LogP contribution in [0.15, 0.2) is 336 Å². The van der Waals surface area contributed by atoms with Crippen LogP contribution in [0.1, 0.15) is 45.1 Å². The van der Waals surface area contributed by atoms with Gasteiger partial charge >= 0.3 is 0 Å². The zero-order valence-electron chi connectivity index (χ0n) is 62.5. The molecule has 0 unspecified atom stereocenters. The zero-order valence-corrected chi connectivity index (χ0v) is 64.1. The molecule has 6 aromatic heterocycles. The first-order chi connectivity index (χ1) is 56.4. The fourth-order valence-corrected chi connectivity index (χ4v) is 14.5. The molecule has 0 radical (unpaired) electrons. The Bertz CT molecular complexity index is 6310. The number of rotatable bonds is 17. The first-order valence-corrected chi connectivity index (χ1v) is 37.3. The standard InChI is InChI=1S/C33H26ClN3O3.C30H22N4O3.C26H19ClN2O2.C4H4N2O.CH4/c1-39-26-17-13-22(14-18-26)21-36-30(25-11-7-4-8-12-25)28(23-9-5-3-6-10-23)32-35-31(34)29(33(38)37(32)36)24-15-19-27(40-2)20-16-24;1-36-23-16-14-21(15-17-23)28-25(37-26-13-8-18-31-32-26)19-24-27(20-9-4-2-5-10-20)29(33-34(24)30(28)35)22-11-6-3-7-12-22;1-31-20-14-12-18(13-15-20)23-21(27)16-22-24(17-8-4-2-5-9-17)25(28-29(22)26(23)30)19-10-6-3-7-11-19;7-4-2-1-3-5-6-4;/h3-20H,21H2,1-2H3;2-18H,19H2,1H3;2-15H,16H2,1H3;1-3H,(H,6,7);1H4. The number of nitrogens with one attached hydrogen (secondary N) is 1. The van der Waals surface area contributed by atoms with E-state index in [2.05, 4.69) is 20.4 Å². The lowest BCUT2D eigenvalue weighted by Crippen LogP contribution is -2.26. The first-order valence-electron chi connectivity index (χ1n) is 36.5. The molecule has 16 aromatic rings. The number of H-pyrrole nitrogens is 1. The van der Waals surface area contributed by atoms with Crippen molar-refractivity contribution in [1.29, 1.82) is 0 Å². The zero-order chi connectivity index (χ0) is 79.3. The predicted octanol–water partition coefficient (Wildman–Crippen LogP) is 19.4. The normalized spacial score (nSPS) is 12.0. The number of carbonyl (C=O) groups is 2. The van der Waals surface area contributed by atoms with Crippen molar-refractivity contribution >= 4 is 51.8 Å². The molecule has 22 heteroatoms. The molecule has 0 saturated heterocycles. The highest BCUT2D eigenvalue weighted by Crippen LogP contribution is 2.44. The highest BCUT2D eigenvalue weighted by Gasteiger charge is 2.36. The first kappa shape index (κ1) is 78.1. The fraction of sp³-hybridized carbons (Fsp3) is 0.0851. The minimum atomic E-state index is -0.273. The summed E-state index contributed by atoms with van der Waals surface area (Å²) in [5.41, 5.74) is 16.8. The Morgan fingerprint density at radius 2 is 0.810 bits per heavy atom. The molecule has 0 bridgehead atoms. The van der Waals surface area contributed by atoms with Crippen LogP contribution in [0.5, 0.6) is 28.9 Å². The molecule has 0 aliphatic carbocycles. The molecule has 18 rings (SSSR count). The Morgan fingerprint density at radius 3 is 1.24 bits per heavy atom. The molecule has 2 aliphatic heterocycles. The number of allylic oxidation sites excluding steroid dienone is 4. The molecule has 116 heavy (non-hydrogen) atoms. The Balaban J connectivity index is 0.000000138. The van der Waals surface area contributed by atoms with Crippen LogP contribution in [0.3, 0.4) is 0 Å². The van der Waals surface area contributed by atoms with E-state index in [9.17, 15) is 19.2 Å². The summed E-state index contributed by atoms with van der Waals surface area (Å²) in [6.45, 7) is 0.419. The molecule has 2 aliphatic rings. The van der Waals surface area contributed by atoms with Gasteiger partial charge in [0.1, 0.15) is 45.3 Å². The van der Waals surface area contributed by atoms with E-state index < -0.39 is 0 Å². The van der Waals surface area contributed by atoms with Gasteiger partial charge in [-0.3, -0.25) is 23.9 Å². The van der Waals surface area contributed by atoms with E-state index in [1.54, 1.807) is 69.5 Å². The van der Waals surface area contributed by atoms with E-state index in [0.29, 0.717) is 81.0 Å². The van der Waals surface area contributed by atoms with Crippen LogP contribution in [0, 0.1) is 0 Å². The van der Waals surface area contributed by atoms with Crippen LogP contribution < -0.4 is 34.8 Å². The fourth-order valence-electron chi connectivity index (χ4n) is 13.9. The summed E-state index contributed by atoms with van der Waals surface area (Å²) in [5.74, 6) is 3.17. The Hall–Kier alpha value is -14.6. The third kappa shape index (κ3) is 16.5. The van der Waals surface area contributed by atoms with Gasteiger partial charge in [-0.15, -0.1) is 5.10 Å². The number of aromatic amines is 1. The summed E-state index contributed by atoms with van der Waals surface area (Å²) >= 11 is 13.5. The quantitative estimate of drug-likeness (QED) is 0.0836. The van der Waals surface area contributed by atoms with Crippen molar-refractivity contribution in [2.75, 3.05) is 28.4 Å². The number of fused-ring (bicyclic) bond motifs is 3. The number of benzene rings is 10. The summed E-state index contributed by atoms with van der Waals surface area (Å²) in [5, 5.41) is 24.0. The van der Waals surface area contributed by atoms with Crippen molar-refractivity contribution in [3.05, 3.63) is 380 Å². The average Bonchev–Trinajstić information content (AvgIpc) is 1.57. The van der Waals surface area contributed by atoms with Crippen molar-refractivity contribution in [2.45, 2.75) is 26.8 Å². The summed E-state index contributed by atoms with van der Waals surface area (Å²) < 4.78 is 34.1. The minimum Gasteiger partial charge on any atom is -0.497 e. The van der Waals surface area contributed by atoms with E-state index >= 15 is 0 Å². The van der Waals surface area contributed by atoms with Gasteiger partial charge in [0.15, 0.2) is 5.65 Å². The summed E-state index contributed by atoms with van der Waals surface area (Å²) in [4.78, 5) is 57.1. The van der Waals surface area contributed by atoms with Crippen molar-refractivity contribution in [3.8, 4) is 107 Å². The Labute approximate surface area is 678 Å². The molecule has 20 nitrogen and oxygen atoms in total. The number of methoxy groups -OCH3 is 4. The number of hydrogen-bond donors (Lipinski definition) is 1. The number of ether oxygens (including phenoxy) is 5. The van der Waals surface area contributed by atoms with Gasteiger partial charge in [0.25, 0.3) is 22.9 Å². The molecule has 8 heterocycles. The second-order valence-electron chi connectivity index (χ2n) is 26.2. The van der Waals surface area contributed by atoms with Gasteiger partial charge < -0.3 is 23.7 Å². The van der Waals surface area contributed by atoms with E-state index in [1.807, 2.05) is 272 Å². The van der Waals surface area contributed by atoms with Crippen LogP contribution in [-0.4, -0.2) is 94.4 Å². The van der Waals surface area contributed by atoms with Crippen molar-refractivity contribution in [2.24, 2.45) is 0 Å². The molecule has 0 spiro atoms. The maximum absolute atomic E-state index is 14.4. The molecule has 0 atom stereocenters. The number of nitrogens with zero attached hydrogens (tertiary/aromatic N) is 10. The summed E-state index contributed by atoms with van der Waals surface area (Å²) in [7, 11) is 6.46. The van der Waals surface area contributed by atoms with Gasteiger partial charge in [-0.1, -0.05) is 261 Å². The van der Waals surface area contributed by atoms with Crippen molar-refractivity contribution in [1.82, 2.24) is 54.1 Å². The molecule has 0 amide bonds. The molecule has 0 saturated carbocycles. The Morgan fingerprint density at radius 1 is 0.405 bits per heavy atom. The summed E-state index contributed by atoms with van der Waals surface area (Å²) in [6, 6.07) is 96.0. The predicted molar refractivity (Wildman–Crippen MR) is 454 cm³/mol. The van der Waals surface area contributed by atoms with Crippen molar-refractivity contribution < 1.29 is 33.3 Å². The van der Waals surface area contributed by atoms with E-state index in [4.69, 9.17) is 62.1 Å². The number of hydrogen-bond acceptors (Lipinski definition) is 15. The van der Waals surface area contributed by atoms with Crippen LogP contribution in [0.25, 0.3) is 95.1 Å². The van der Waals surface area contributed by atoms with Crippen LogP contribution >= 0.6 is 23.2 Å². The monoisotopic (exact) mass is 1570 g/mol. The molecular weight excluding hydrogens is 1500 g/mol. The number of carbonyl (C=O) groups excluding carboxylic acids is 2. The van der Waals surface area contributed by atoms with Crippen LogP contribution in [-0.2, 0) is 19.4 Å². The molecule has 10 aromatic carbocycles. The molecule has 574 valence electrons. The van der Waals surface area contributed by atoms with Crippen molar-refractivity contribution in [3.63, 3.8) is 0 Å². The van der Waals surface area contributed by atoms with Gasteiger partial charge in [-0.05, 0) is 99.6 Å². The van der Waals surface area contributed by atoms with Gasteiger partial charge in [0, 0.05) is 63.8 Å². The van der Waals surface area contributed by atoms with Gasteiger partial charge in [-0.25, -0.2) is 10.1 Å². The third-order valence-corrected chi connectivity index (χ3v) is 19.9. The van der Waals surface area contributed by atoms with E-state index in [1.165, 1.54) is 21.6 Å². The van der Waals surface area contributed by atoms with Gasteiger partial charge in [0.05, 0.1) is 80.8 Å². The number of aromatic nitrogens is 11. The largest absolute Gasteiger partial charge is 0.497 e. The topological polar surface area (TPSA) is 227 Å². The lowest BCUT2D eigenvalue weighted by atomic mass is 9.93. The number of halogens is 2. The van der Waals surface area contributed by atoms with E-state index in [0.717, 1.165) is 101 Å². The average molecular weight is 1570 g/mol. The smallest absolute Gasteiger partial charge is 0.282 e. The highest BCUT2D eigenvalue weighted by atomic mass is 35.5. The second-order valence-corrected chi connectivity index (χ2v) is 27.0. The maximum Gasteiger partial charge on any atom is 0.282 e. The molecular formula is C94H75Cl2N11O9. The molecule has 0 fully saturated rings. The molecule has 1 N–H and O–H groups in total. The minimum absolute atomic E-state index is 0. The van der Waals surface area contributed by atoms with Gasteiger partial charge in [-0.2, -0.15) is 34.3 Å². The third-order valence-electron chi connectivity index (χ3n) is 19.3. The highest BCUT2D eigenvalue weighted by molar-refractivity contribution is 6.40.